The van der Waals surface area contributed by atoms with Gasteiger partial charge in [0.25, 0.3) is 5.91 Å². The summed E-state index contributed by atoms with van der Waals surface area (Å²) in [5, 5.41) is 3.28. The van der Waals surface area contributed by atoms with Gasteiger partial charge in [0.05, 0.1) is 5.69 Å². The Balaban J connectivity index is 1.70. The second-order valence-corrected chi connectivity index (χ2v) is 8.18. The van der Waals surface area contributed by atoms with Crippen LogP contribution in [0.4, 0.5) is 5.00 Å². The van der Waals surface area contributed by atoms with Crippen LogP contribution in [-0.4, -0.2) is 25.0 Å². The Hall–Kier alpha value is -2.45. The number of sulfone groups is 1. The molecular formula is C16H14N2O4S2. The molecule has 0 bridgehead atoms. The van der Waals surface area contributed by atoms with E-state index in [1.807, 2.05) is 30.3 Å². The Morgan fingerprint density at radius 2 is 1.96 bits per heavy atom. The standard InChI is InChI=1S/C16H14N2O4S2/c1-24(20,21)10-12-7-8-14(22-12)16(19)17-15-9-13(18-23-15)11-5-3-2-4-6-11/h2-9H,10H2,1H3,(H,17,19). The molecule has 0 unspecified atom stereocenters. The number of hydrogen-bond acceptors (Lipinski definition) is 6. The van der Waals surface area contributed by atoms with Crippen molar-refractivity contribution in [2.75, 3.05) is 11.6 Å². The van der Waals surface area contributed by atoms with Crippen molar-refractivity contribution >= 4 is 32.3 Å². The van der Waals surface area contributed by atoms with E-state index in [4.69, 9.17) is 4.42 Å². The lowest BCUT2D eigenvalue weighted by Crippen LogP contribution is -2.09. The van der Waals surface area contributed by atoms with E-state index in [2.05, 4.69) is 9.69 Å². The molecule has 3 aromatic rings. The van der Waals surface area contributed by atoms with Gasteiger partial charge in [0.2, 0.25) is 0 Å². The Kier molecular flexibility index (Phi) is 4.50. The minimum Gasteiger partial charge on any atom is -0.455 e. The summed E-state index contributed by atoms with van der Waals surface area (Å²) in [5.41, 5.74) is 1.73. The number of carbonyl (C=O) groups excluding carboxylic acids is 1. The Labute approximate surface area is 143 Å². The van der Waals surface area contributed by atoms with Crippen molar-refractivity contribution in [2.45, 2.75) is 5.75 Å². The fraction of sp³-hybridized carbons (Fsp3) is 0.125. The highest BCUT2D eigenvalue weighted by atomic mass is 32.2. The van der Waals surface area contributed by atoms with Crippen LogP contribution in [0.1, 0.15) is 16.3 Å². The van der Waals surface area contributed by atoms with Crippen LogP contribution in [0.3, 0.4) is 0 Å². The average molecular weight is 362 g/mol. The maximum absolute atomic E-state index is 12.2. The molecule has 0 atom stereocenters. The van der Waals surface area contributed by atoms with E-state index < -0.39 is 15.7 Å². The SMILES string of the molecule is CS(=O)(=O)Cc1ccc(C(=O)Nc2cc(-c3ccccc3)ns2)o1. The summed E-state index contributed by atoms with van der Waals surface area (Å²) in [5.74, 6) is -0.392. The van der Waals surface area contributed by atoms with Gasteiger partial charge in [-0.15, -0.1) is 0 Å². The molecule has 2 heterocycles. The van der Waals surface area contributed by atoms with Gasteiger partial charge < -0.3 is 9.73 Å². The maximum atomic E-state index is 12.2. The van der Waals surface area contributed by atoms with Crippen molar-refractivity contribution in [1.82, 2.24) is 4.37 Å². The molecule has 1 aromatic carbocycles. The van der Waals surface area contributed by atoms with E-state index in [1.165, 1.54) is 12.1 Å². The minimum atomic E-state index is -3.21. The zero-order valence-electron chi connectivity index (χ0n) is 12.7. The third-order valence-electron chi connectivity index (χ3n) is 3.11. The van der Waals surface area contributed by atoms with Gasteiger partial charge in [0, 0.05) is 17.9 Å². The number of furan rings is 1. The molecule has 6 nitrogen and oxygen atoms in total. The van der Waals surface area contributed by atoms with Gasteiger partial charge in [-0.25, -0.2) is 8.42 Å². The highest BCUT2D eigenvalue weighted by molar-refractivity contribution is 7.89. The molecule has 1 N–H and O–H groups in total. The van der Waals surface area contributed by atoms with Crippen LogP contribution >= 0.6 is 11.5 Å². The van der Waals surface area contributed by atoms with Gasteiger partial charge in [-0.2, -0.15) is 4.37 Å². The zero-order chi connectivity index (χ0) is 17.2. The van der Waals surface area contributed by atoms with Crippen molar-refractivity contribution in [3.05, 3.63) is 60.1 Å². The number of nitrogens with one attached hydrogen (secondary N) is 1. The number of hydrogen-bond donors (Lipinski definition) is 1. The van der Waals surface area contributed by atoms with Crippen LogP contribution in [0.25, 0.3) is 11.3 Å². The van der Waals surface area contributed by atoms with Crippen LogP contribution in [0, 0.1) is 0 Å². The smallest absolute Gasteiger partial charge is 0.292 e. The summed E-state index contributed by atoms with van der Waals surface area (Å²) in [6, 6.07) is 14.3. The number of benzene rings is 1. The molecule has 124 valence electrons. The van der Waals surface area contributed by atoms with E-state index in [0.717, 1.165) is 29.0 Å². The highest BCUT2D eigenvalue weighted by Crippen LogP contribution is 2.25. The first kappa shape index (κ1) is 16.4. The quantitative estimate of drug-likeness (QED) is 0.753. The van der Waals surface area contributed by atoms with E-state index in [1.54, 1.807) is 6.07 Å². The summed E-state index contributed by atoms with van der Waals surface area (Å²) < 4.78 is 32.1. The van der Waals surface area contributed by atoms with Crippen molar-refractivity contribution in [3.63, 3.8) is 0 Å². The highest BCUT2D eigenvalue weighted by Gasteiger charge is 2.15. The van der Waals surface area contributed by atoms with E-state index in [-0.39, 0.29) is 17.3 Å². The number of rotatable bonds is 5. The normalized spacial score (nSPS) is 11.4. The Morgan fingerprint density at radius 1 is 1.21 bits per heavy atom. The van der Waals surface area contributed by atoms with Gasteiger partial charge >= 0.3 is 0 Å². The first-order valence-corrected chi connectivity index (χ1v) is 9.84. The predicted molar refractivity (Wildman–Crippen MR) is 92.8 cm³/mol. The van der Waals surface area contributed by atoms with Crippen LogP contribution in [-0.2, 0) is 15.6 Å². The average Bonchev–Trinajstić information content (AvgIpc) is 3.16. The van der Waals surface area contributed by atoms with Gasteiger partial charge in [-0.3, -0.25) is 4.79 Å². The van der Waals surface area contributed by atoms with Crippen LogP contribution in [0.2, 0.25) is 0 Å². The molecule has 3 rings (SSSR count). The molecule has 0 aliphatic carbocycles. The molecule has 1 amide bonds. The summed E-state index contributed by atoms with van der Waals surface area (Å²) in [7, 11) is -3.21. The van der Waals surface area contributed by atoms with Gasteiger partial charge in [-0.05, 0) is 23.7 Å². The fourth-order valence-electron chi connectivity index (χ4n) is 2.09. The molecule has 0 spiro atoms. The number of amides is 1. The lowest BCUT2D eigenvalue weighted by atomic mass is 10.2. The van der Waals surface area contributed by atoms with Crippen molar-refractivity contribution in [3.8, 4) is 11.3 Å². The largest absolute Gasteiger partial charge is 0.455 e. The van der Waals surface area contributed by atoms with E-state index >= 15 is 0 Å². The lowest BCUT2D eigenvalue weighted by Gasteiger charge is -1.98. The number of aromatic nitrogens is 1. The number of anilines is 1. The molecule has 0 saturated carbocycles. The second kappa shape index (κ2) is 6.58. The number of carbonyl (C=O) groups is 1. The Morgan fingerprint density at radius 3 is 2.67 bits per heavy atom. The maximum Gasteiger partial charge on any atom is 0.292 e. The lowest BCUT2D eigenvalue weighted by molar-refractivity contribution is 0.0995. The molecule has 0 fully saturated rings. The van der Waals surface area contributed by atoms with Crippen LogP contribution in [0.5, 0.6) is 0 Å². The first-order chi connectivity index (χ1) is 11.4. The van der Waals surface area contributed by atoms with Crippen molar-refractivity contribution in [2.24, 2.45) is 0 Å². The predicted octanol–water partition coefficient (Wildman–Crippen LogP) is 3.20. The Bertz CT molecular complexity index is 959. The van der Waals surface area contributed by atoms with Gasteiger partial charge in [-0.1, -0.05) is 30.3 Å². The first-order valence-electron chi connectivity index (χ1n) is 7.01. The monoisotopic (exact) mass is 362 g/mol. The molecular weight excluding hydrogens is 348 g/mol. The molecule has 24 heavy (non-hydrogen) atoms. The molecule has 0 saturated heterocycles. The van der Waals surface area contributed by atoms with Crippen LogP contribution < -0.4 is 5.32 Å². The molecule has 2 aromatic heterocycles. The molecule has 8 heteroatoms. The third-order valence-corrected chi connectivity index (χ3v) is 4.62. The van der Waals surface area contributed by atoms with E-state index in [9.17, 15) is 13.2 Å². The minimum absolute atomic E-state index is 0.0586. The molecule has 0 aliphatic heterocycles. The zero-order valence-corrected chi connectivity index (χ0v) is 14.4. The molecule has 0 aliphatic rings. The third kappa shape index (κ3) is 4.09. The van der Waals surface area contributed by atoms with Crippen LogP contribution in [0.15, 0.2) is 52.9 Å². The topological polar surface area (TPSA) is 89.3 Å². The fourth-order valence-corrected chi connectivity index (χ4v) is 3.42. The van der Waals surface area contributed by atoms with Gasteiger partial charge in [0.1, 0.15) is 16.5 Å². The van der Waals surface area contributed by atoms with E-state index in [0.29, 0.717) is 5.00 Å². The summed E-state index contributed by atoms with van der Waals surface area (Å²) in [4.78, 5) is 12.2. The van der Waals surface area contributed by atoms with Crippen molar-refractivity contribution < 1.29 is 17.6 Å². The second-order valence-electron chi connectivity index (χ2n) is 5.23. The summed E-state index contributed by atoms with van der Waals surface area (Å²) >= 11 is 1.16. The summed E-state index contributed by atoms with van der Waals surface area (Å²) in [6.07, 6.45) is 1.11. The summed E-state index contributed by atoms with van der Waals surface area (Å²) in [6.45, 7) is 0. The van der Waals surface area contributed by atoms with Gasteiger partial charge in [0.15, 0.2) is 15.6 Å². The molecule has 0 radical (unpaired) electrons. The number of nitrogens with zero attached hydrogens (tertiary/aromatic N) is 1. The van der Waals surface area contributed by atoms with Crippen molar-refractivity contribution in [1.29, 1.82) is 0 Å².